The van der Waals surface area contributed by atoms with Crippen LogP contribution in [0.15, 0.2) is 16.9 Å². The predicted octanol–water partition coefficient (Wildman–Crippen LogP) is 4.05. The highest BCUT2D eigenvalue weighted by Gasteiger charge is 2.20. The first-order valence-corrected chi connectivity index (χ1v) is 7.62. The Morgan fingerprint density at radius 3 is 2.56 bits per heavy atom. The fraction of sp³-hybridized carbons (Fsp3) is 0.643. The third-order valence-corrected chi connectivity index (χ3v) is 4.64. The number of halogens is 1. The molecule has 0 radical (unpaired) electrons. The summed E-state index contributed by atoms with van der Waals surface area (Å²) in [5, 5.41) is 3.47. The molecule has 0 atom stereocenters. The number of hydrogen-bond acceptors (Lipinski definition) is 3. The van der Waals surface area contributed by atoms with Gasteiger partial charge in [-0.15, -0.1) is 0 Å². The van der Waals surface area contributed by atoms with Gasteiger partial charge in [-0.25, -0.2) is 0 Å². The standard InChI is InChI=1S/C14H22BrN3/c1-2-10-3-5-11(6-4-10)7-18-14-12(15)8-17-9-13(14)16/h8-11H,2-7,16H2,1H3,(H,17,18). The second-order valence-electron chi connectivity index (χ2n) is 5.26. The molecule has 1 heterocycles. The molecule has 0 spiro atoms. The zero-order valence-corrected chi connectivity index (χ0v) is 12.5. The fourth-order valence-electron chi connectivity index (χ4n) is 2.73. The van der Waals surface area contributed by atoms with Crippen molar-refractivity contribution in [3.05, 3.63) is 16.9 Å². The van der Waals surface area contributed by atoms with E-state index in [1.807, 2.05) is 0 Å². The first-order chi connectivity index (χ1) is 8.70. The summed E-state index contributed by atoms with van der Waals surface area (Å²) < 4.78 is 0.949. The van der Waals surface area contributed by atoms with Crippen LogP contribution in [-0.4, -0.2) is 11.5 Å². The SMILES string of the molecule is CCC1CCC(CNc2c(N)cncc2Br)CC1. The average molecular weight is 312 g/mol. The summed E-state index contributed by atoms with van der Waals surface area (Å²) in [7, 11) is 0. The second-order valence-corrected chi connectivity index (χ2v) is 6.12. The molecular weight excluding hydrogens is 290 g/mol. The molecule has 1 aromatic rings. The lowest BCUT2D eigenvalue weighted by Crippen LogP contribution is -2.21. The van der Waals surface area contributed by atoms with Gasteiger partial charge in [0.2, 0.25) is 0 Å². The molecule has 1 aliphatic carbocycles. The van der Waals surface area contributed by atoms with Crippen molar-refractivity contribution < 1.29 is 0 Å². The van der Waals surface area contributed by atoms with E-state index >= 15 is 0 Å². The Kier molecular flexibility index (Phi) is 4.87. The van der Waals surface area contributed by atoms with Crippen molar-refractivity contribution in [2.24, 2.45) is 11.8 Å². The third kappa shape index (κ3) is 3.37. The van der Waals surface area contributed by atoms with Gasteiger partial charge in [0.1, 0.15) is 0 Å². The minimum absolute atomic E-state index is 0.714. The van der Waals surface area contributed by atoms with Gasteiger partial charge in [-0.1, -0.05) is 26.2 Å². The van der Waals surface area contributed by atoms with Crippen molar-refractivity contribution in [1.29, 1.82) is 0 Å². The quantitative estimate of drug-likeness (QED) is 0.881. The molecule has 0 aromatic carbocycles. The van der Waals surface area contributed by atoms with Gasteiger partial charge >= 0.3 is 0 Å². The molecule has 0 bridgehead atoms. The smallest absolute Gasteiger partial charge is 0.0750 e. The summed E-state index contributed by atoms with van der Waals surface area (Å²) in [4.78, 5) is 4.05. The maximum Gasteiger partial charge on any atom is 0.0750 e. The molecule has 3 N–H and O–H groups in total. The summed E-state index contributed by atoms with van der Waals surface area (Å²) in [6, 6.07) is 0. The maximum absolute atomic E-state index is 5.93. The van der Waals surface area contributed by atoms with Crippen molar-refractivity contribution in [1.82, 2.24) is 4.98 Å². The van der Waals surface area contributed by atoms with Crippen molar-refractivity contribution >= 4 is 27.3 Å². The Bertz CT molecular complexity index is 366. The topological polar surface area (TPSA) is 50.9 Å². The number of hydrogen-bond donors (Lipinski definition) is 2. The molecule has 100 valence electrons. The molecule has 0 amide bonds. The van der Waals surface area contributed by atoms with Crippen molar-refractivity contribution in [2.75, 3.05) is 17.6 Å². The van der Waals surface area contributed by atoms with Gasteiger partial charge in [-0.2, -0.15) is 0 Å². The number of nitrogens with one attached hydrogen (secondary N) is 1. The largest absolute Gasteiger partial charge is 0.396 e. The molecule has 18 heavy (non-hydrogen) atoms. The highest BCUT2D eigenvalue weighted by atomic mass is 79.9. The number of aromatic nitrogens is 1. The molecule has 2 rings (SSSR count). The molecule has 0 unspecified atom stereocenters. The van der Waals surface area contributed by atoms with Gasteiger partial charge in [-0.05, 0) is 40.6 Å². The molecule has 4 heteroatoms. The van der Waals surface area contributed by atoms with E-state index in [1.165, 1.54) is 32.1 Å². The highest BCUT2D eigenvalue weighted by molar-refractivity contribution is 9.10. The summed E-state index contributed by atoms with van der Waals surface area (Å²) in [5.74, 6) is 1.74. The Hall–Kier alpha value is -0.770. The van der Waals surface area contributed by atoms with E-state index in [4.69, 9.17) is 5.73 Å². The number of rotatable bonds is 4. The molecule has 0 aliphatic heterocycles. The van der Waals surface area contributed by atoms with E-state index in [0.717, 1.165) is 28.5 Å². The minimum Gasteiger partial charge on any atom is -0.396 e. The molecule has 1 fully saturated rings. The lowest BCUT2D eigenvalue weighted by Gasteiger charge is -2.28. The normalized spacial score (nSPS) is 23.9. The maximum atomic E-state index is 5.93. The Labute approximate surface area is 118 Å². The average Bonchev–Trinajstić information content (AvgIpc) is 2.39. The third-order valence-electron chi connectivity index (χ3n) is 4.04. The number of anilines is 2. The van der Waals surface area contributed by atoms with Gasteiger partial charge in [0.25, 0.3) is 0 Å². The van der Waals surface area contributed by atoms with Crippen LogP contribution in [0.1, 0.15) is 39.0 Å². The zero-order chi connectivity index (χ0) is 13.0. The van der Waals surface area contributed by atoms with Crippen molar-refractivity contribution in [3.63, 3.8) is 0 Å². The number of nitrogens with two attached hydrogens (primary N) is 1. The Morgan fingerprint density at radius 1 is 1.28 bits per heavy atom. The van der Waals surface area contributed by atoms with Gasteiger partial charge in [-0.3, -0.25) is 4.98 Å². The van der Waals surface area contributed by atoms with Gasteiger partial charge in [0.05, 0.1) is 22.0 Å². The van der Waals surface area contributed by atoms with Crippen LogP contribution in [0.2, 0.25) is 0 Å². The lowest BCUT2D eigenvalue weighted by molar-refractivity contribution is 0.278. The summed E-state index contributed by atoms with van der Waals surface area (Å²) in [6.45, 7) is 3.32. The summed E-state index contributed by atoms with van der Waals surface area (Å²) in [5.41, 5.74) is 7.63. The van der Waals surface area contributed by atoms with E-state index in [-0.39, 0.29) is 0 Å². The number of nitrogens with zero attached hydrogens (tertiary/aromatic N) is 1. The minimum atomic E-state index is 0.714. The Balaban J connectivity index is 1.85. The molecule has 1 aliphatic rings. The van der Waals surface area contributed by atoms with Crippen LogP contribution in [0.4, 0.5) is 11.4 Å². The Morgan fingerprint density at radius 2 is 1.94 bits per heavy atom. The predicted molar refractivity (Wildman–Crippen MR) is 80.6 cm³/mol. The molecule has 3 nitrogen and oxygen atoms in total. The van der Waals surface area contributed by atoms with Crippen LogP contribution >= 0.6 is 15.9 Å². The first kappa shape index (κ1) is 13.7. The summed E-state index contributed by atoms with van der Waals surface area (Å²) in [6.07, 6.45) is 10.3. The molecular formula is C14H22BrN3. The van der Waals surface area contributed by atoms with E-state index in [2.05, 4.69) is 33.2 Å². The van der Waals surface area contributed by atoms with E-state index in [1.54, 1.807) is 12.4 Å². The lowest BCUT2D eigenvalue weighted by atomic mass is 9.81. The monoisotopic (exact) mass is 311 g/mol. The first-order valence-electron chi connectivity index (χ1n) is 6.83. The summed E-state index contributed by atoms with van der Waals surface area (Å²) >= 11 is 3.49. The van der Waals surface area contributed by atoms with Crippen LogP contribution < -0.4 is 11.1 Å². The number of pyridine rings is 1. The van der Waals surface area contributed by atoms with Gasteiger partial charge < -0.3 is 11.1 Å². The van der Waals surface area contributed by atoms with Crippen LogP contribution in [-0.2, 0) is 0 Å². The van der Waals surface area contributed by atoms with Crippen LogP contribution in [0.3, 0.4) is 0 Å². The van der Waals surface area contributed by atoms with Crippen LogP contribution in [0.5, 0.6) is 0 Å². The van der Waals surface area contributed by atoms with E-state index < -0.39 is 0 Å². The fourth-order valence-corrected chi connectivity index (χ4v) is 3.21. The molecule has 1 aromatic heterocycles. The second kappa shape index (κ2) is 6.41. The molecule has 1 saturated carbocycles. The number of nitrogen functional groups attached to an aromatic ring is 1. The van der Waals surface area contributed by atoms with Gasteiger partial charge in [0, 0.05) is 12.7 Å². The van der Waals surface area contributed by atoms with Gasteiger partial charge in [0.15, 0.2) is 0 Å². The van der Waals surface area contributed by atoms with Crippen molar-refractivity contribution in [2.45, 2.75) is 39.0 Å². The van der Waals surface area contributed by atoms with Crippen molar-refractivity contribution in [3.8, 4) is 0 Å². The highest BCUT2D eigenvalue weighted by Crippen LogP contribution is 2.32. The van der Waals surface area contributed by atoms with E-state index in [9.17, 15) is 0 Å². The van der Waals surface area contributed by atoms with E-state index in [0.29, 0.717) is 5.69 Å². The van der Waals surface area contributed by atoms with Crippen LogP contribution in [0, 0.1) is 11.8 Å². The van der Waals surface area contributed by atoms with Crippen LogP contribution in [0.25, 0.3) is 0 Å². The zero-order valence-electron chi connectivity index (χ0n) is 11.0. The molecule has 0 saturated heterocycles.